The Morgan fingerprint density at radius 3 is 2.64 bits per heavy atom. The van der Waals surface area contributed by atoms with Crippen molar-refractivity contribution in [3.05, 3.63) is 65.0 Å². The highest BCUT2D eigenvalue weighted by atomic mass is 19.1. The highest BCUT2D eigenvalue weighted by Crippen LogP contribution is 2.15. The lowest BCUT2D eigenvalue weighted by Gasteiger charge is -2.14. The van der Waals surface area contributed by atoms with Gasteiger partial charge in [0.15, 0.2) is 6.10 Å². The molecule has 25 heavy (non-hydrogen) atoms. The number of amides is 1. The molecule has 6 heteroatoms. The number of benzene rings is 2. The molecule has 132 valence electrons. The van der Waals surface area contributed by atoms with Crippen LogP contribution in [-0.4, -0.2) is 25.1 Å². The normalized spacial score (nSPS) is 11.7. The van der Waals surface area contributed by atoms with Gasteiger partial charge in [0.2, 0.25) is 0 Å². The highest BCUT2D eigenvalue weighted by Gasteiger charge is 2.19. The molecule has 2 aromatic carbocycles. The van der Waals surface area contributed by atoms with E-state index < -0.39 is 23.8 Å². The lowest BCUT2D eigenvalue weighted by atomic mass is 10.1. The van der Waals surface area contributed by atoms with Crippen LogP contribution < -0.4 is 5.32 Å². The van der Waals surface area contributed by atoms with Gasteiger partial charge in [-0.15, -0.1) is 0 Å². The van der Waals surface area contributed by atoms with Crippen LogP contribution >= 0.6 is 0 Å². The molecule has 0 heterocycles. The van der Waals surface area contributed by atoms with Crippen molar-refractivity contribution in [1.29, 1.82) is 0 Å². The fourth-order valence-corrected chi connectivity index (χ4v) is 2.15. The summed E-state index contributed by atoms with van der Waals surface area (Å²) in [5.41, 5.74) is 1.94. The second-order valence-electron chi connectivity index (χ2n) is 5.63. The zero-order valence-electron chi connectivity index (χ0n) is 14.3. The smallest absolute Gasteiger partial charge is 0.338 e. The van der Waals surface area contributed by atoms with E-state index in [9.17, 15) is 14.0 Å². The van der Waals surface area contributed by atoms with Gasteiger partial charge >= 0.3 is 5.97 Å². The molecule has 0 saturated carbocycles. The van der Waals surface area contributed by atoms with Gasteiger partial charge in [0.25, 0.3) is 5.91 Å². The molecule has 1 atom stereocenters. The van der Waals surface area contributed by atoms with Crippen LogP contribution in [0.3, 0.4) is 0 Å². The first-order chi connectivity index (χ1) is 11.9. The number of ether oxygens (including phenoxy) is 2. The average molecular weight is 345 g/mol. The summed E-state index contributed by atoms with van der Waals surface area (Å²) in [6.45, 7) is 3.45. The summed E-state index contributed by atoms with van der Waals surface area (Å²) in [5, 5.41) is 2.52. The maximum Gasteiger partial charge on any atom is 0.338 e. The van der Waals surface area contributed by atoms with E-state index in [2.05, 4.69) is 5.32 Å². The Bertz CT molecular complexity index is 776. The minimum Gasteiger partial charge on any atom is -0.449 e. The molecule has 0 aliphatic rings. The molecule has 5 nitrogen and oxygen atoms in total. The third-order valence-electron chi connectivity index (χ3n) is 3.57. The summed E-state index contributed by atoms with van der Waals surface area (Å²) in [6, 6.07) is 11.1. The standard InChI is InChI=1S/C19H20FNO4/c1-12-7-8-16(10-17(12)20)21-18(22)13(2)25-19(23)15-6-4-5-14(9-15)11-24-3/h4-10,13H,11H2,1-3H3,(H,21,22)/t13-/m1/s1. The second kappa shape index (κ2) is 8.39. The van der Waals surface area contributed by atoms with Crippen LogP contribution in [0.1, 0.15) is 28.4 Å². The molecule has 0 aliphatic heterocycles. The largest absolute Gasteiger partial charge is 0.449 e. The van der Waals surface area contributed by atoms with Crippen molar-refractivity contribution in [2.24, 2.45) is 0 Å². The van der Waals surface area contributed by atoms with Crippen LogP contribution in [0.4, 0.5) is 10.1 Å². The van der Waals surface area contributed by atoms with E-state index in [0.717, 1.165) is 5.56 Å². The Morgan fingerprint density at radius 2 is 1.96 bits per heavy atom. The summed E-state index contributed by atoms with van der Waals surface area (Å²) in [5.74, 6) is -1.57. The predicted octanol–water partition coefficient (Wildman–Crippen LogP) is 3.46. The molecule has 0 radical (unpaired) electrons. The number of nitrogens with one attached hydrogen (secondary N) is 1. The van der Waals surface area contributed by atoms with Crippen molar-refractivity contribution in [2.45, 2.75) is 26.6 Å². The highest BCUT2D eigenvalue weighted by molar-refractivity contribution is 5.97. The number of carbonyl (C=O) groups is 2. The molecule has 0 aromatic heterocycles. The van der Waals surface area contributed by atoms with Crippen LogP contribution in [0.5, 0.6) is 0 Å². The molecule has 1 amide bonds. The molecule has 0 unspecified atom stereocenters. The number of rotatable bonds is 6. The lowest BCUT2D eigenvalue weighted by molar-refractivity contribution is -0.123. The Morgan fingerprint density at radius 1 is 1.20 bits per heavy atom. The monoisotopic (exact) mass is 345 g/mol. The number of esters is 1. The van der Waals surface area contributed by atoms with E-state index in [1.54, 1.807) is 44.4 Å². The third-order valence-corrected chi connectivity index (χ3v) is 3.57. The topological polar surface area (TPSA) is 64.6 Å². The van der Waals surface area contributed by atoms with Crippen LogP contribution in [0.25, 0.3) is 0 Å². The average Bonchev–Trinajstić information content (AvgIpc) is 2.58. The van der Waals surface area contributed by atoms with E-state index in [-0.39, 0.29) is 0 Å². The predicted molar refractivity (Wildman–Crippen MR) is 91.8 cm³/mol. The summed E-state index contributed by atoms with van der Waals surface area (Å²) >= 11 is 0. The van der Waals surface area contributed by atoms with Crippen molar-refractivity contribution in [3.63, 3.8) is 0 Å². The summed E-state index contributed by atoms with van der Waals surface area (Å²) in [4.78, 5) is 24.3. The van der Waals surface area contributed by atoms with Crippen LogP contribution in [-0.2, 0) is 20.9 Å². The van der Waals surface area contributed by atoms with E-state index in [0.29, 0.717) is 23.4 Å². The van der Waals surface area contributed by atoms with Gasteiger partial charge in [-0.1, -0.05) is 18.2 Å². The van der Waals surface area contributed by atoms with E-state index in [1.165, 1.54) is 13.0 Å². The van der Waals surface area contributed by atoms with Gasteiger partial charge in [0.1, 0.15) is 5.82 Å². The quantitative estimate of drug-likeness (QED) is 0.814. The molecule has 0 bridgehead atoms. The fourth-order valence-electron chi connectivity index (χ4n) is 2.15. The molecule has 2 rings (SSSR count). The zero-order chi connectivity index (χ0) is 18.4. The van der Waals surface area contributed by atoms with Crippen molar-refractivity contribution in [1.82, 2.24) is 0 Å². The lowest BCUT2D eigenvalue weighted by Crippen LogP contribution is -2.30. The van der Waals surface area contributed by atoms with E-state index >= 15 is 0 Å². The van der Waals surface area contributed by atoms with Gasteiger partial charge in [0.05, 0.1) is 12.2 Å². The number of anilines is 1. The van der Waals surface area contributed by atoms with Crippen molar-refractivity contribution < 1.29 is 23.5 Å². The third kappa shape index (κ3) is 5.12. The van der Waals surface area contributed by atoms with Gasteiger partial charge < -0.3 is 14.8 Å². The Balaban J connectivity index is 1.99. The van der Waals surface area contributed by atoms with E-state index in [4.69, 9.17) is 9.47 Å². The summed E-state index contributed by atoms with van der Waals surface area (Å²) in [7, 11) is 1.56. The van der Waals surface area contributed by atoms with Gasteiger partial charge in [-0.3, -0.25) is 4.79 Å². The van der Waals surface area contributed by atoms with Crippen LogP contribution in [0.2, 0.25) is 0 Å². The zero-order valence-corrected chi connectivity index (χ0v) is 14.3. The fraction of sp³-hybridized carbons (Fsp3) is 0.263. The van der Waals surface area contributed by atoms with Crippen molar-refractivity contribution >= 4 is 17.6 Å². The Kier molecular flexibility index (Phi) is 6.25. The minimum absolute atomic E-state index is 0.304. The first-order valence-electron chi connectivity index (χ1n) is 7.76. The molecule has 2 aromatic rings. The Hall–Kier alpha value is -2.73. The molecule has 0 fully saturated rings. The number of methoxy groups -OCH3 is 1. The van der Waals surface area contributed by atoms with Crippen molar-refractivity contribution in [2.75, 3.05) is 12.4 Å². The maximum absolute atomic E-state index is 13.5. The van der Waals surface area contributed by atoms with Crippen LogP contribution in [0.15, 0.2) is 42.5 Å². The number of hydrogen-bond donors (Lipinski definition) is 1. The SMILES string of the molecule is COCc1cccc(C(=O)O[C@H](C)C(=O)Nc2ccc(C)c(F)c2)c1. The van der Waals surface area contributed by atoms with Gasteiger partial charge in [-0.05, 0) is 49.2 Å². The number of carbonyl (C=O) groups excluding carboxylic acids is 2. The molecule has 0 spiro atoms. The maximum atomic E-state index is 13.5. The number of hydrogen-bond acceptors (Lipinski definition) is 4. The first-order valence-corrected chi connectivity index (χ1v) is 7.76. The van der Waals surface area contributed by atoms with E-state index in [1.807, 2.05) is 6.07 Å². The summed E-state index contributed by atoms with van der Waals surface area (Å²) in [6.07, 6.45) is -1.03. The molecular formula is C19H20FNO4. The van der Waals surface area contributed by atoms with Crippen LogP contribution in [0, 0.1) is 12.7 Å². The minimum atomic E-state index is -1.03. The van der Waals surface area contributed by atoms with Gasteiger partial charge in [0, 0.05) is 12.8 Å². The Labute approximate surface area is 145 Å². The molecule has 1 N–H and O–H groups in total. The summed E-state index contributed by atoms with van der Waals surface area (Å²) < 4.78 is 23.7. The number of aryl methyl sites for hydroxylation is 1. The number of halogens is 1. The van der Waals surface area contributed by atoms with Crippen molar-refractivity contribution in [3.8, 4) is 0 Å². The molecule has 0 aliphatic carbocycles. The first kappa shape index (κ1) is 18.6. The van der Waals surface area contributed by atoms with Gasteiger partial charge in [-0.25, -0.2) is 9.18 Å². The molecular weight excluding hydrogens is 325 g/mol. The molecule has 0 saturated heterocycles. The second-order valence-corrected chi connectivity index (χ2v) is 5.63. The van der Waals surface area contributed by atoms with Gasteiger partial charge in [-0.2, -0.15) is 0 Å².